The van der Waals surface area contributed by atoms with Crippen LogP contribution in [0, 0.1) is 11.8 Å². The lowest BCUT2D eigenvalue weighted by molar-refractivity contribution is -0.135. The van der Waals surface area contributed by atoms with E-state index >= 15 is 0 Å². The molecule has 0 saturated carbocycles. The molecule has 1 amide bonds. The van der Waals surface area contributed by atoms with Crippen molar-refractivity contribution in [3.63, 3.8) is 0 Å². The Labute approximate surface area is 114 Å². The van der Waals surface area contributed by atoms with Gasteiger partial charge in [-0.05, 0) is 37.8 Å². The number of nitrogens with zero attached hydrogens (tertiary/aromatic N) is 1. The second-order valence-corrected chi connectivity index (χ2v) is 6.26. The molecule has 2 fully saturated rings. The molecule has 3 heterocycles. The Balaban J connectivity index is 1.64. The summed E-state index contributed by atoms with van der Waals surface area (Å²) in [5.41, 5.74) is -0.0194. The van der Waals surface area contributed by atoms with E-state index < -0.39 is 0 Å². The second-order valence-electron chi connectivity index (χ2n) is 6.26. The van der Waals surface area contributed by atoms with Gasteiger partial charge in [-0.15, -0.1) is 0 Å². The zero-order valence-corrected chi connectivity index (χ0v) is 11.7. The fraction of sp³-hybridized carbons (Fsp3) is 0.667. The van der Waals surface area contributed by atoms with Crippen molar-refractivity contribution in [2.75, 3.05) is 19.6 Å². The third-order valence-corrected chi connectivity index (χ3v) is 4.83. The number of hydrogen-bond donors (Lipinski definition) is 1. The molecule has 1 aromatic heterocycles. The molecule has 1 aromatic rings. The highest BCUT2D eigenvalue weighted by Crippen LogP contribution is 2.40. The van der Waals surface area contributed by atoms with Crippen molar-refractivity contribution in [1.82, 2.24) is 10.2 Å². The molecule has 19 heavy (non-hydrogen) atoms. The molecule has 4 nitrogen and oxygen atoms in total. The molecule has 0 aliphatic carbocycles. The van der Waals surface area contributed by atoms with Gasteiger partial charge in [-0.1, -0.05) is 0 Å². The minimum Gasteiger partial charge on any atom is -0.469 e. The maximum absolute atomic E-state index is 12.5. The van der Waals surface area contributed by atoms with Crippen LogP contribution in [0.15, 0.2) is 22.8 Å². The van der Waals surface area contributed by atoms with Crippen molar-refractivity contribution in [2.45, 2.75) is 32.2 Å². The van der Waals surface area contributed by atoms with Crippen molar-refractivity contribution in [1.29, 1.82) is 0 Å². The lowest BCUT2D eigenvalue weighted by Gasteiger charge is -2.35. The molecule has 1 N–H and O–H groups in total. The Kier molecular flexibility index (Phi) is 3.13. The first kappa shape index (κ1) is 12.7. The molecular weight excluding hydrogens is 240 g/mol. The minimum absolute atomic E-state index is 0.0194. The third-order valence-electron chi connectivity index (χ3n) is 4.83. The number of fused-ring (bicyclic) bond motifs is 1. The zero-order chi connectivity index (χ0) is 13.5. The summed E-state index contributed by atoms with van der Waals surface area (Å²) >= 11 is 0. The van der Waals surface area contributed by atoms with E-state index in [9.17, 15) is 4.79 Å². The Morgan fingerprint density at radius 3 is 3.05 bits per heavy atom. The molecule has 0 aromatic carbocycles. The van der Waals surface area contributed by atoms with Crippen molar-refractivity contribution in [3.8, 4) is 0 Å². The summed E-state index contributed by atoms with van der Waals surface area (Å²) in [6.07, 6.45) is 2.91. The van der Waals surface area contributed by atoms with Crippen LogP contribution in [0.5, 0.6) is 0 Å². The summed E-state index contributed by atoms with van der Waals surface area (Å²) < 4.78 is 5.29. The number of hydrogen-bond acceptors (Lipinski definition) is 3. The maximum atomic E-state index is 12.5. The van der Waals surface area contributed by atoms with Crippen LogP contribution in [-0.2, 0) is 11.2 Å². The molecule has 2 atom stereocenters. The van der Waals surface area contributed by atoms with Crippen LogP contribution in [0.2, 0.25) is 0 Å². The summed E-state index contributed by atoms with van der Waals surface area (Å²) in [4.78, 5) is 14.5. The van der Waals surface area contributed by atoms with Gasteiger partial charge in [0, 0.05) is 38.0 Å². The highest BCUT2D eigenvalue weighted by molar-refractivity contribution is 5.77. The Hall–Kier alpha value is -1.29. The summed E-state index contributed by atoms with van der Waals surface area (Å²) in [6.45, 7) is 7.41. The molecule has 2 aliphatic heterocycles. The highest BCUT2D eigenvalue weighted by Gasteiger charge is 2.50. The van der Waals surface area contributed by atoms with Crippen LogP contribution < -0.4 is 5.32 Å². The second kappa shape index (κ2) is 4.67. The molecule has 2 aliphatic rings. The molecule has 0 bridgehead atoms. The largest absolute Gasteiger partial charge is 0.469 e. The normalized spacial score (nSPS) is 28.6. The Morgan fingerprint density at radius 1 is 1.53 bits per heavy atom. The fourth-order valence-electron chi connectivity index (χ4n) is 3.66. The topological polar surface area (TPSA) is 45.5 Å². The summed E-state index contributed by atoms with van der Waals surface area (Å²) in [5.74, 6) is 2.38. The standard InChI is InChI=1S/C15H22N2O2/c1-15(2)13-9-16-8-11(13)10-17(15)14(18)6-5-12-4-3-7-19-12/h3-4,7,11,13,16H,5-6,8-10H2,1-2H3. The Morgan fingerprint density at radius 2 is 2.37 bits per heavy atom. The smallest absolute Gasteiger partial charge is 0.223 e. The lowest BCUT2D eigenvalue weighted by atomic mass is 9.85. The fourth-order valence-corrected chi connectivity index (χ4v) is 3.66. The van der Waals surface area contributed by atoms with Crippen LogP contribution >= 0.6 is 0 Å². The summed E-state index contributed by atoms with van der Waals surface area (Å²) in [6, 6.07) is 3.80. The van der Waals surface area contributed by atoms with E-state index in [-0.39, 0.29) is 11.4 Å². The number of likely N-dealkylation sites (tertiary alicyclic amines) is 1. The van der Waals surface area contributed by atoms with Gasteiger partial charge < -0.3 is 14.6 Å². The van der Waals surface area contributed by atoms with Gasteiger partial charge in [0.05, 0.1) is 6.26 Å². The number of carbonyl (C=O) groups excluding carboxylic acids is 1. The lowest BCUT2D eigenvalue weighted by Crippen LogP contribution is -2.47. The average Bonchev–Trinajstić information content (AvgIpc) is 3.06. The van der Waals surface area contributed by atoms with Gasteiger partial charge in [-0.2, -0.15) is 0 Å². The first-order valence-electron chi connectivity index (χ1n) is 7.12. The molecule has 4 heteroatoms. The van der Waals surface area contributed by atoms with E-state index in [4.69, 9.17) is 4.42 Å². The van der Waals surface area contributed by atoms with Gasteiger partial charge in [0.1, 0.15) is 5.76 Å². The highest BCUT2D eigenvalue weighted by atomic mass is 16.3. The van der Waals surface area contributed by atoms with Crippen molar-refractivity contribution in [2.24, 2.45) is 11.8 Å². The van der Waals surface area contributed by atoms with Gasteiger partial charge in [0.15, 0.2) is 0 Å². The van der Waals surface area contributed by atoms with Gasteiger partial charge in [-0.25, -0.2) is 0 Å². The number of amides is 1. The van der Waals surface area contributed by atoms with E-state index in [0.29, 0.717) is 24.7 Å². The van der Waals surface area contributed by atoms with Gasteiger partial charge >= 0.3 is 0 Å². The first-order chi connectivity index (χ1) is 9.09. The molecular formula is C15H22N2O2. The van der Waals surface area contributed by atoms with E-state index in [1.807, 2.05) is 12.1 Å². The molecule has 104 valence electrons. The molecule has 2 unspecified atom stereocenters. The number of nitrogens with one attached hydrogen (secondary N) is 1. The number of rotatable bonds is 3. The van der Waals surface area contributed by atoms with E-state index in [2.05, 4.69) is 24.1 Å². The predicted molar refractivity (Wildman–Crippen MR) is 72.7 cm³/mol. The molecule has 0 radical (unpaired) electrons. The average molecular weight is 262 g/mol. The quantitative estimate of drug-likeness (QED) is 0.901. The number of furan rings is 1. The van der Waals surface area contributed by atoms with Crippen LogP contribution in [0.3, 0.4) is 0 Å². The van der Waals surface area contributed by atoms with Crippen LogP contribution in [0.4, 0.5) is 0 Å². The van der Waals surface area contributed by atoms with Crippen molar-refractivity contribution >= 4 is 5.91 Å². The first-order valence-corrected chi connectivity index (χ1v) is 7.12. The van der Waals surface area contributed by atoms with Crippen LogP contribution in [-0.4, -0.2) is 36.0 Å². The van der Waals surface area contributed by atoms with Crippen molar-refractivity contribution < 1.29 is 9.21 Å². The number of aryl methyl sites for hydroxylation is 1. The van der Waals surface area contributed by atoms with Crippen molar-refractivity contribution in [3.05, 3.63) is 24.2 Å². The monoisotopic (exact) mass is 262 g/mol. The van der Waals surface area contributed by atoms with E-state index in [1.165, 1.54) is 0 Å². The van der Waals surface area contributed by atoms with E-state index in [0.717, 1.165) is 25.4 Å². The van der Waals surface area contributed by atoms with Crippen LogP contribution in [0.1, 0.15) is 26.0 Å². The van der Waals surface area contributed by atoms with E-state index in [1.54, 1.807) is 6.26 Å². The van der Waals surface area contributed by atoms with Gasteiger partial charge in [0.25, 0.3) is 0 Å². The SMILES string of the molecule is CC1(C)C2CNCC2CN1C(=O)CCc1ccco1. The zero-order valence-electron chi connectivity index (χ0n) is 11.7. The maximum Gasteiger partial charge on any atom is 0.223 e. The van der Waals surface area contributed by atoms with Gasteiger partial charge in [0.2, 0.25) is 5.91 Å². The summed E-state index contributed by atoms with van der Waals surface area (Å²) in [5, 5.41) is 3.44. The minimum atomic E-state index is -0.0194. The van der Waals surface area contributed by atoms with Gasteiger partial charge in [-0.3, -0.25) is 4.79 Å². The molecule has 0 spiro atoms. The molecule has 3 rings (SSSR count). The molecule has 2 saturated heterocycles. The van der Waals surface area contributed by atoms with Crippen LogP contribution in [0.25, 0.3) is 0 Å². The summed E-state index contributed by atoms with van der Waals surface area (Å²) in [7, 11) is 0. The number of carbonyl (C=O) groups is 1. The predicted octanol–water partition coefficient (Wildman–Crippen LogP) is 1.67. The Bertz CT molecular complexity index is 453. The third kappa shape index (κ3) is 2.18.